The maximum atomic E-state index is 13.3. The van der Waals surface area contributed by atoms with Gasteiger partial charge in [-0.25, -0.2) is 14.2 Å². The molecule has 8 heteroatoms. The molecule has 1 fully saturated rings. The first-order chi connectivity index (χ1) is 20.1. The smallest absolute Gasteiger partial charge is 0.337 e. The van der Waals surface area contributed by atoms with Crippen LogP contribution in [0.25, 0.3) is 11.1 Å². The molecule has 1 unspecified atom stereocenters. The molecule has 2 aromatic carbocycles. The number of hydrogen-bond acceptors (Lipinski definition) is 6. The van der Waals surface area contributed by atoms with Crippen LogP contribution in [0.5, 0.6) is 5.75 Å². The number of pyridine rings is 1. The minimum absolute atomic E-state index is 0.193. The van der Waals surface area contributed by atoms with Gasteiger partial charge in [-0.3, -0.25) is 0 Å². The number of hydrogen-bond donors (Lipinski definition) is 2. The maximum Gasteiger partial charge on any atom is 0.337 e. The molecule has 1 aliphatic heterocycles. The van der Waals surface area contributed by atoms with Crippen molar-refractivity contribution in [2.24, 2.45) is 5.41 Å². The molecule has 7 nitrogen and oxygen atoms in total. The van der Waals surface area contributed by atoms with E-state index in [2.05, 4.69) is 23.7 Å². The molecule has 0 amide bonds. The van der Waals surface area contributed by atoms with Crippen molar-refractivity contribution in [2.75, 3.05) is 30.3 Å². The van der Waals surface area contributed by atoms with Crippen LogP contribution in [0.1, 0.15) is 81.5 Å². The molecule has 1 aliphatic rings. The van der Waals surface area contributed by atoms with Crippen LogP contribution in [0.15, 0.2) is 36.4 Å². The molecule has 0 bridgehead atoms. The van der Waals surface area contributed by atoms with E-state index in [0.29, 0.717) is 35.7 Å². The summed E-state index contributed by atoms with van der Waals surface area (Å²) in [6.45, 7) is 17.9. The highest BCUT2D eigenvalue weighted by molar-refractivity contribution is 5.92. The first-order valence-corrected chi connectivity index (χ1v) is 15.0. The van der Waals surface area contributed by atoms with Gasteiger partial charge in [0.2, 0.25) is 0 Å². The zero-order chi connectivity index (χ0) is 31.7. The molecule has 0 radical (unpaired) electrons. The normalized spacial score (nSPS) is 15.8. The van der Waals surface area contributed by atoms with Gasteiger partial charge in [0, 0.05) is 36.3 Å². The van der Waals surface area contributed by atoms with Crippen LogP contribution in [0.2, 0.25) is 0 Å². The van der Waals surface area contributed by atoms with Crippen molar-refractivity contribution in [3.63, 3.8) is 0 Å². The van der Waals surface area contributed by atoms with E-state index < -0.39 is 17.7 Å². The number of carboxylic acids is 1. The van der Waals surface area contributed by atoms with E-state index in [0.717, 1.165) is 59.6 Å². The van der Waals surface area contributed by atoms with E-state index in [4.69, 9.17) is 15.2 Å². The fourth-order valence-electron chi connectivity index (χ4n) is 5.82. The summed E-state index contributed by atoms with van der Waals surface area (Å²) in [5, 5.41) is 10.4. The number of halogens is 1. The van der Waals surface area contributed by atoms with E-state index in [9.17, 15) is 14.3 Å². The standard InChI is InChI=1S/C35H46FN3O4/c1-21-19-25(20-22(2)30(21)42-18-13-24-9-11-26(36)12-10-24)28-29(39-16-14-35(7,8)15-17-39)27(23(3)38-32(28)37)31(33(40)41)43-34(4,5)6/h9-12,19-20,31H,13-18H2,1-8H3,(H2,37,38)(H,40,41). The average molecular weight is 592 g/mol. The van der Waals surface area contributed by atoms with Crippen LogP contribution in [0.4, 0.5) is 15.9 Å². The zero-order valence-corrected chi connectivity index (χ0v) is 26.8. The molecular weight excluding hydrogens is 545 g/mol. The van der Waals surface area contributed by atoms with Gasteiger partial charge in [-0.05, 0) is 106 Å². The lowest BCUT2D eigenvalue weighted by Crippen LogP contribution is -2.39. The predicted molar refractivity (Wildman–Crippen MR) is 170 cm³/mol. The Morgan fingerprint density at radius 1 is 1.09 bits per heavy atom. The van der Waals surface area contributed by atoms with Gasteiger partial charge >= 0.3 is 5.97 Å². The highest BCUT2D eigenvalue weighted by Crippen LogP contribution is 2.46. The summed E-state index contributed by atoms with van der Waals surface area (Å²) in [4.78, 5) is 19.7. The molecule has 0 saturated carbocycles. The van der Waals surface area contributed by atoms with Gasteiger partial charge < -0.3 is 25.2 Å². The number of aromatic nitrogens is 1. The Balaban J connectivity index is 1.80. The van der Waals surface area contributed by atoms with E-state index in [1.165, 1.54) is 12.1 Å². The Hall–Kier alpha value is -3.65. The summed E-state index contributed by atoms with van der Waals surface area (Å²) in [5.41, 5.74) is 12.5. The van der Waals surface area contributed by atoms with Crippen molar-refractivity contribution >= 4 is 17.5 Å². The number of nitrogens with two attached hydrogens (primary N) is 1. The largest absolute Gasteiger partial charge is 0.493 e. The van der Waals surface area contributed by atoms with Gasteiger partial charge in [0.15, 0.2) is 6.10 Å². The van der Waals surface area contributed by atoms with Gasteiger partial charge in [-0.1, -0.05) is 26.0 Å². The molecule has 232 valence electrons. The predicted octanol–water partition coefficient (Wildman–Crippen LogP) is 7.58. The highest BCUT2D eigenvalue weighted by atomic mass is 19.1. The number of aliphatic carboxylic acids is 1. The molecular formula is C35H46FN3O4. The lowest BCUT2D eigenvalue weighted by molar-refractivity contribution is -0.160. The van der Waals surface area contributed by atoms with Crippen molar-refractivity contribution < 1.29 is 23.8 Å². The quantitative estimate of drug-likeness (QED) is 0.265. The van der Waals surface area contributed by atoms with Crippen LogP contribution < -0.4 is 15.4 Å². The fraction of sp³-hybridized carbons (Fsp3) is 0.486. The Kier molecular flexibility index (Phi) is 9.40. The van der Waals surface area contributed by atoms with Gasteiger partial charge in [0.25, 0.3) is 0 Å². The summed E-state index contributed by atoms with van der Waals surface area (Å²) in [7, 11) is 0. The van der Waals surface area contributed by atoms with E-state index in [-0.39, 0.29) is 11.2 Å². The number of benzene rings is 2. The zero-order valence-electron chi connectivity index (χ0n) is 26.8. The Labute approximate surface area is 255 Å². The molecule has 0 aliphatic carbocycles. The van der Waals surface area contributed by atoms with Crippen LogP contribution in [0, 0.1) is 32.0 Å². The Morgan fingerprint density at radius 2 is 1.67 bits per heavy atom. The number of anilines is 2. The monoisotopic (exact) mass is 591 g/mol. The summed E-state index contributed by atoms with van der Waals surface area (Å²) >= 11 is 0. The van der Waals surface area contributed by atoms with Crippen molar-refractivity contribution in [1.29, 1.82) is 0 Å². The van der Waals surface area contributed by atoms with Gasteiger partial charge in [-0.15, -0.1) is 0 Å². The highest BCUT2D eigenvalue weighted by Gasteiger charge is 2.36. The first-order valence-electron chi connectivity index (χ1n) is 15.0. The molecule has 4 rings (SSSR count). The molecule has 43 heavy (non-hydrogen) atoms. The summed E-state index contributed by atoms with van der Waals surface area (Å²) in [6.07, 6.45) is 1.36. The number of carbonyl (C=O) groups is 1. The lowest BCUT2D eigenvalue weighted by Gasteiger charge is -2.41. The number of nitrogen functional groups attached to an aromatic ring is 1. The van der Waals surface area contributed by atoms with Crippen LogP contribution in [-0.2, 0) is 16.0 Å². The van der Waals surface area contributed by atoms with Gasteiger partial charge in [0.05, 0.1) is 17.9 Å². The van der Waals surface area contributed by atoms with Gasteiger partial charge in [-0.2, -0.15) is 0 Å². The fourth-order valence-corrected chi connectivity index (χ4v) is 5.82. The molecule has 1 aromatic heterocycles. The topological polar surface area (TPSA) is 97.9 Å². The van der Waals surface area contributed by atoms with Gasteiger partial charge in [0.1, 0.15) is 17.4 Å². The Bertz CT molecular complexity index is 1440. The first kappa shape index (κ1) is 32.3. The number of nitrogens with zero attached hydrogens (tertiary/aromatic N) is 2. The molecule has 2 heterocycles. The molecule has 3 aromatic rings. The molecule has 1 saturated heterocycles. The third kappa shape index (κ3) is 7.66. The lowest BCUT2D eigenvalue weighted by atomic mass is 9.82. The minimum atomic E-state index is -1.21. The van der Waals surface area contributed by atoms with Crippen molar-refractivity contribution in [1.82, 2.24) is 4.98 Å². The SMILES string of the molecule is Cc1cc(-c2c(N)nc(C)c(C(OC(C)(C)C)C(=O)O)c2N2CCC(C)(C)CC2)cc(C)c1OCCc1ccc(F)cc1. The van der Waals surface area contributed by atoms with Crippen molar-refractivity contribution in [3.8, 4) is 16.9 Å². The van der Waals surface area contributed by atoms with Crippen LogP contribution >= 0.6 is 0 Å². The van der Waals surface area contributed by atoms with Crippen molar-refractivity contribution in [3.05, 3.63) is 70.2 Å². The number of rotatable bonds is 9. The number of ether oxygens (including phenoxy) is 2. The summed E-state index contributed by atoms with van der Waals surface area (Å²) in [5.74, 6) is -0.186. The second-order valence-electron chi connectivity index (χ2n) is 13.5. The molecule has 3 N–H and O–H groups in total. The van der Waals surface area contributed by atoms with E-state index in [1.54, 1.807) is 12.1 Å². The number of piperidine rings is 1. The summed E-state index contributed by atoms with van der Waals surface area (Å²) < 4.78 is 25.7. The second-order valence-corrected chi connectivity index (χ2v) is 13.5. The second kappa shape index (κ2) is 12.5. The average Bonchev–Trinajstić information content (AvgIpc) is 2.89. The van der Waals surface area contributed by atoms with Crippen LogP contribution in [-0.4, -0.2) is 41.4 Å². The molecule has 0 spiro atoms. The molecule has 1 atom stereocenters. The minimum Gasteiger partial charge on any atom is -0.493 e. The third-order valence-electron chi connectivity index (χ3n) is 8.12. The third-order valence-corrected chi connectivity index (χ3v) is 8.12. The summed E-state index contributed by atoms with van der Waals surface area (Å²) in [6, 6.07) is 10.5. The van der Waals surface area contributed by atoms with Crippen molar-refractivity contribution in [2.45, 2.75) is 86.4 Å². The number of carboxylic acid groups (broad SMARTS) is 1. The van der Waals surface area contributed by atoms with E-state index in [1.807, 2.05) is 53.7 Å². The van der Waals surface area contributed by atoms with Crippen LogP contribution in [0.3, 0.4) is 0 Å². The Morgan fingerprint density at radius 3 is 2.21 bits per heavy atom. The maximum absolute atomic E-state index is 13.3. The number of aryl methyl sites for hydroxylation is 3. The van der Waals surface area contributed by atoms with E-state index >= 15 is 0 Å².